The molecule has 2 N–H and O–H groups in total. The third-order valence-corrected chi connectivity index (χ3v) is 4.58. The molecule has 0 unspecified atom stereocenters. The van der Waals surface area contributed by atoms with Gasteiger partial charge in [-0.1, -0.05) is 12.1 Å². The Morgan fingerprint density at radius 3 is 2.44 bits per heavy atom. The maximum Gasteiger partial charge on any atom is 0.203 e. The van der Waals surface area contributed by atoms with Gasteiger partial charge in [0, 0.05) is 24.0 Å². The molecule has 6 nitrogen and oxygen atoms in total. The van der Waals surface area contributed by atoms with Crippen molar-refractivity contribution < 1.29 is 14.2 Å². The van der Waals surface area contributed by atoms with Crippen LogP contribution in [0.4, 0.5) is 0 Å². The summed E-state index contributed by atoms with van der Waals surface area (Å²) in [6.45, 7) is 1.48. The number of nitrogens with one attached hydrogen (secondary N) is 2. The number of methoxy groups -OCH3 is 3. The Bertz CT molecular complexity index is 687. The van der Waals surface area contributed by atoms with Crippen LogP contribution in [0.25, 0.3) is 0 Å². The molecule has 2 rings (SSSR count). The Kier molecular flexibility index (Phi) is 7.40. The fourth-order valence-corrected chi connectivity index (χ4v) is 3.12. The van der Waals surface area contributed by atoms with E-state index in [9.17, 15) is 0 Å². The lowest BCUT2D eigenvalue weighted by molar-refractivity contribution is 0.322. The molecular weight excluding hydrogens is 338 g/mol. The van der Waals surface area contributed by atoms with Gasteiger partial charge in [0.15, 0.2) is 17.5 Å². The van der Waals surface area contributed by atoms with Gasteiger partial charge in [-0.25, -0.2) is 0 Å². The van der Waals surface area contributed by atoms with Crippen molar-refractivity contribution in [2.24, 2.45) is 4.99 Å². The molecule has 0 aliphatic rings. The van der Waals surface area contributed by atoms with E-state index in [2.05, 4.69) is 27.1 Å². The standard InChI is InChI=1S/C18H25N3O3S/c1-19-18(21-12-14-6-5-11-25-14)20-10-9-13-7-8-15(22-2)17(24-4)16(13)23-3/h5-8,11H,9-10,12H2,1-4H3,(H2,19,20,21). The van der Waals surface area contributed by atoms with Crippen LogP contribution in [-0.2, 0) is 13.0 Å². The van der Waals surface area contributed by atoms with E-state index in [-0.39, 0.29) is 0 Å². The van der Waals surface area contributed by atoms with Gasteiger partial charge in [0.05, 0.1) is 27.9 Å². The summed E-state index contributed by atoms with van der Waals surface area (Å²) in [6.07, 6.45) is 0.767. The predicted molar refractivity (Wildman–Crippen MR) is 102 cm³/mol. The quantitative estimate of drug-likeness (QED) is 0.558. The zero-order valence-corrected chi connectivity index (χ0v) is 15.9. The normalized spacial score (nSPS) is 11.1. The van der Waals surface area contributed by atoms with Crippen LogP contribution in [0.2, 0.25) is 0 Å². The van der Waals surface area contributed by atoms with Crippen molar-refractivity contribution in [3.05, 3.63) is 40.1 Å². The Morgan fingerprint density at radius 2 is 1.84 bits per heavy atom. The van der Waals surface area contributed by atoms with Crippen LogP contribution in [0.3, 0.4) is 0 Å². The highest BCUT2D eigenvalue weighted by Gasteiger charge is 2.15. The third-order valence-electron chi connectivity index (χ3n) is 3.71. The van der Waals surface area contributed by atoms with Crippen molar-refractivity contribution >= 4 is 17.3 Å². The molecule has 1 heterocycles. The largest absolute Gasteiger partial charge is 0.493 e. The monoisotopic (exact) mass is 363 g/mol. The fraction of sp³-hybridized carbons (Fsp3) is 0.389. The van der Waals surface area contributed by atoms with Gasteiger partial charge in [0.25, 0.3) is 0 Å². The van der Waals surface area contributed by atoms with Gasteiger partial charge < -0.3 is 24.8 Å². The molecule has 0 bridgehead atoms. The molecule has 0 saturated carbocycles. The Morgan fingerprint density at radius 1 is 1.04 bits per heavy atom. The minimum absolute atomic E-state index is 0.614. The third kappa shape index (κ3) is 5.03. The summed E-state index contributed by atoms with van der Waals surface area (Å²) in [5.74, 6) is 2.74. The lowest BCUT2D eigenvalue weighted by atomic mass is 10.1. The Labute approximate surface area is 152 Å². The smallest absolute Gasteiger partial charge is 0.203 e. The number of ether oxygens (including phenoxy) is 3. The number of aliphatic imine (C=N–C) groups is 1. The zero-order valence-electron chi connectivity index (χ0n) is 15.1. The fourth-order valence-electron chi connectivity index (χ4n) is 2.48. The number of hydrogen-bond acceptors (Lipinski definition) is 5. The van der Waals surface area contributed by atoms with Crippen molar-refractivity contribution in [1.82, 2.24) is 10.6 Å². The number of thiophene rings is 1. The molecule has 0 aliphatic heterocycles. The van der Waals surface area contributed by atoms with Crippen LogP contribution in [0.15, 0.2) is 34.6 Å². The van der Waals surface area contributed by atoms with Crippen molar-refractivity contribution in [3.63, 3.8) is 0 Å². The van der Waals surface area contributed by atoms with E-state index in [1.54, 1.807) is 39.7 Å². The summed E-state index contributed by atoms with van der Waals surface area (Å²) in [5, 5.41) is 8.68. The van der Waals surface area contributed by atoms with Crippen molar-refractivity contribution in [1.29, 1.82) is 0 Å². The predicted octanol–water partition coefficient (Wildman–Crippen LogP) is 2.68. The second kappa shape index (κ2) is 9.78. The minimum atomic E-state index is 0.614. The molecule has 1 aromatic carbocycles. The van der Waals surface area contributed by atoms with Crippen LogP contribution >= 0.6 is 11.3 Å². The second-order valence-corrected chi connectivity index (χ2v) is 6.21. The molecular formula is C18H25N3O3S. The highest BCUT2D eigenvalue weighted by Crippen LogP contribution is 2.39. The maximum absolute atomic E-state index is 5.51. The van der Waals surface area contributed by atoms with Gasteiger partial charge in [-0.15, -0.1) is 11.3 Å². The van der Waals surface area contributed by atoms with E-state index in [1.165, 1.54) is 4.88 Å². The highest BCUT2D eigenvalue weighted by atomic mass is 32.1. The first-order chi connectivity index (χ1) is 12.2. The van der Waals surface area contributed by atoms with E-state index in [0.717, 1.165) is 31.0 Å². The van der Waals surface area contributed by atoms with Crippen LogP contribution in [0.5, 0.6) is 17.2 Å². The number of hydrogen-bond donors (Lipinski definition) is 2. The zero-order chi connectivity index (χ0) is 18.1. The van der Waals surface area contributed by atoms with Crippen molar-refractivity contribution in [3.8, 4) is 17.2 Å². The van der Waals surface area contributed by atoms with Gasteiger partial charge in [0.2, 0.25) is 5.75 Å². The summed E-state index contributed by atoms with van der Waals surface area (Å²) in [7, 11) is 6.62. The summed E-state index contributed by atoms with van der Waals surface area (Å²) < 4.78 is 16.2. The van der Waals surface area contributed by atoms with Gasteiger partial charge in [0.1, 0.15) is 0 Å². The van der Waals surface area contributed by atoms with E-state index >= 15 is 0 Å². The molecule has 0 fully saturated rings. The number of benzene rings is 1. The molecule has 0 aliphatic carbocycles. The van der Waals surface area contributed by atoms with E-state index in [4.69, 9.17) is 14.2 Å². The molecule has 25 heavy (non-hydrogen) atoms. The van der Waals surface area contributed by atoms with Crippen LogP contribution < -0.4 is 24.8 Å². The molecule has 0 radical (unpaired) electrons. The number of rotatable bonds is 8. The molecule has 0 saturated heterocycles. The topological polar surface area (TPSA) is 64.1 Å². The maximum atomic E-state index is 5.51. The van der Waals surface area contributed by atoms with Crippen molar-refractivity contribution in [2.75, 3.05) is 34.9 Å². The molecule has 1 aromatic heterocycles. The molecule has 7 heteroatoms. The molecule has 0 spiro atoms. The molecule has 0 atom stereocenters. The van der Waals surface area contributed by atoms with Gasteiger partial charge >= 0.3 is 0 Å². The molecule has 136 valence electrons. The average Bonchev–Trinajstić information content (AvgIpc) is 3.17. The summed E-state index contributed by atoms with van der Waals surface area (Å²) in [4.78, 5) is 5.51. The summed E-state index contributed by atoms with van der Waals surface area (Å²) in [5.41, 5.74) is 1.04. The first-order valence-corrected chi connectivity index (χ1v) is 8.86. The number of guanidine groups is 1. The molecule has 2 aromatic rings. The van der Waals surface area contributed by atoms with E-state index in [1.807, 2.05) is 18.2 Å². The second-order valence-electron chi connectivity index (χ2n) is 5.18. The van der Waals surface area contributed by atoms with E-state index in [0.29, 0.717) is 17.2 Å². The highest BCUT2D eigenvalue weighted by molar-refractivity contribution is 7.09. The lowest BCUT2D eigenvalue weighted by Crippen LogP contribution is -2.37. The van der Waals surface area contributed by atoms with Crippen LogP contribution in [0, 0.1) is 0 Å². The van der Waals surface area contributed by atoms with Gasteiger partial charge in [-0.2, -0.15) is 0 Å². The summed E-state index contributed by atoms with van der Waals surface area (Å²) >= 11 is 1.72. The van der Waals surface area contributed by atoms with Gasteiger partial charge in [-0.3, -0.25) is 4.99 Å². The Hall–Kier alpha value is -2.41. The lowest BCUT2D eigenvalue weighted by Gasteiger charge is -2.16. The van der Waals surface area contributed by atoms with Crippen LogP contribution in [-0.4, -0.2) is 40.9 Å². The van der Waals surface area contributed by atoms with E-state index < -0.39 is 0 Å². The minimum Gasteiger partial charge on any atom is -0.493 e. The first-order valence-electron chi connectivity index (χ1n) is 7.98. The SMILES string of the molecule is CN=C(NCCc1ccc(OC)c(OC)c1OC)NCc1cccs1. The average molecular weight is 363 g/mol. The number of nitrogens with zero attached hydrogens (tertiary/aromatic N) is 1. The summed E-state index contributed by atoms with van der Waals surface area (Å²) in [6, 6.07) is 8.02. The first kappa shape index (κ1) is 18.9. The van der Waals surface area contributed by atoms with Gasteiger partial charge in [-0.05, 0) is 23.9 Å². The Balaban J connectivity index is 1.93. The van der Waals surface area contributed by atoms with Crippen LogP contribution in [0.1, 0.15) is 10.4 Å². The van der Waals surface area contributed by atoms with Crippen molar-refractivity contribution in [2.45, 2.75) is 13.0 Å². The molecule has 0 amide bonds.